The molecule has 1 fully saturated rings. The van der Waals surface area contributed by atoms with E-state index >= 15 is 0 Å². The Morgan fingerprint density at radius 2 is 2.06 bits per heavy atom. The van der Waals surface area contributed by atoms with E-state index in [-0.39, 0.29) is 5.41 Å². The van der Waals surface area contributed by atoms with Gasteiger partial charge in [-0.05, 0) is 37.3 Å². The van der Waals surface area contributed by atoms with Crippen molar-refractivity contribution in [1.82, 2.24) is 5.32 Å². The molecule has 2 heteroatoms. The molecule has 100 valence electrons. The molecule has 2 rings (SSSR count). The summed E-state index contributed by atoms with van der Waals surface area (Å²) >= 11 is 0. The maximum Gasteiger partial charge on any atom is 0.00434 e. The number of hydrogen-bond donors (Lipinski definition) is 2. The number of benzene rings is 1. The van der Waals surface area contributed by atoms with E-state index in [1.54, 1.807) is 0 Å². The molecule has 0 saturated heterocycles. The Hall–Kier alpha value is -0.860. The molecule has 1 aromatic rings. The summed E-state index contributed by atoms with van der Waals surface area (Å²) in [5.74, 6) is 0. The van der Waals surface area contributed by atoms with E-state index in [1.807, 2.05) is 0 Å². The summed E-state index contributed by atoms with van der Waals surface area (Å²) in [7, 11) is 0. The predicted molar refractivity (Wildman–Crippen MR) is 77.8 cm³/mol. The summed E-state index contributed by atoms with van der Waals surface area (Å²) in [6, 6.07) is 8.82. The van der Waals surface area contributed by atoms with Gasteiger partial charge < -0.3 is 11.1 Å². The fourth-order valence-electron chi connectivity index (χ4n) is 2.44. The Labute approximate surface area is 111 Å². The Balaban J connectivity index is 1.91. The van der Waals surface area contributed by atoms with Gasteiger partial charge in [0, 0.05) is 18.5 Å². The first-order valence-corrected chi connectivity index (χ1v) is 6.95. The molecule has 0 spiro atoms. The second-order valence-corrected chi connectivity index (χ2v) is 6.56. The molecule has 1 saturated carbocycles. The lowest BCUT2D eigenvalue weighted by Gasteiger charge is -2.27. The van der Waals surface area contributed by atoms with Crippen LogP contribution in [0.4, 0.5) is 0 Å². The molecule has 1 aliphatic carbocycles. The SMILES string of the molecule is Cc1cccc(C(C)(C)CNCC2(CN)CC2)c1. The number of nitrogens with one attached hydrogen (secondary N) is 1. The standard InChI is InChI=1S/C16H26N2/c1-13-5-4-6-14(9-13)15(2,3)11-18-12-16(10-17)7-8-16/h4-6,9,18H,7-8,10-12,17H2,1-3H3. The van der Waals surface area contributed by atoms with Crippen LogP contribution in [0, 0.1) is 12.3 Å². The van der Waals surface area contributed by atoms with Crippen molar-refractivity contribution in [2.75, 3.05) is 19.6 Å². The van der Waals surface area contributed by atoms with E-state index in [0.29, 0.717) is 5.41 Å². The third-order valence-corrected chi connectivity index (χ3v) is 4.26. The lowest BCUT2D eigenvalue weighted by molar-refractivity contribution is 0.410. The van der Waals surface area contributed by atoms with Gasteiger partial charge in [-0.15, -0.1) is 0 Å². The maximum absolute atomic E-state index is 5.81. The second-order valence-electron chi connectivity index (χ2n) is 6.56. The van der Waals surface area contributed by atoms with E-state index < -0.39 is 0 Å². The fraction of sp³-hybridized carbons (Fsp3) is 0.625. The Kier molecular flexibility index (Phi) is 3.79. The number of nitrogens with two attached hydrogens (primary N) is 1. The van der Waals surface area contributed by atoms with Crippen molar-refractivity contribution in [2.45, 2.75) is 39.0 Å². The van der Waals surface area contributed by atoms with Crippen LogP contribution in [-0.2, 0) is 5.41 Å². The lowest BCUT2D eigenvalue weighted by Crippen LogP contribution is -2.38. The largest absolute Gasteiger partial charge is 0.330 e. The number of hydrogen-bond acceptors (Lipinski definition) is 2. The monoisotopic (exact) mass is 246 g/mol. The molecule has 18 heavy (non-hydrogen) atoms. The quantitative estimate of drug-likeness (QED) is 0.809. The van der Waals surface area contributed by atoms with Crippen molar-refractivity contribution in [1.29, 1.82) is 0 Å². The Bertz CT molecular complexity index is 405. The van der Waals surface area contributed by atoms with Gasteiger partial charge in [0.05, 0.1) is 0 Å². The number of aryl methyl sites for hydroxylation is 1. The van der Waals surface area contributed by atoms with Crippen molar-refractivity contribution in [3.8, 4) is 0 Å². The zero-order chi connectivity index (χ0) is 13.2. The topological polar surface area (TPSA) is 38.0 Å². The van der Waals surface area contributed by atoms with Crippen LogP contribution >= 0.6 is 0 Å². The Morgan fingerprint density at radius 3 is 2.61 bits per heavy atom. The van der Waals surface area contributed by atoms with Crippen LogP contribution in [0.3, 0.4) is 0 Å². The van der Waals surface area contributed by atoms with Crippen molar-refractivity contribution in [3.63, 3.8) is 0 Å². The van der Waals surface area contributed by atoms with Crippen LogP contribution in [0.2, 0.25) is 0 Å². The van der Waals surface area contributed by atoms with Crippen molar-refractivity contribution >= 4 is 0 Å². The number of rotatable bonds is 6. The minimum absolute atomic E-state index is 0.177. The van der Waals surface area contributed by atoms with Gasteiger partial charge in [0.1, 0.15) is 0 Å². The molecule has 1 aromatic carbocycles. The van der Waals surface area contributed by atoms with Gasteiger partial charge in [-0.25, -0.2) is 0 Å². The minimum atomic E-state index is 0.177. The zero-order valence-corrected chi connectivity index (χ0v) is 11.9. The van der Waals surface area contributed by atoms with Crippen LogP contribution in [0.1, 0.15) is 37.8 Å². The van der Waals surface area contributed by atoms with Gasteiger partial charge in [-0.1, -0.05) is 43.7 Å². The molecule has 0 atom stereocenters. The third kappa shape index (κ3) is 3.12. The van der Waals surface area contributed by atoms with Crippen molar-refractivity contribution < 1.29 is 0 Å². The van der Waals surface area contributed by atoms with Gasteiger partial charge in [0.15, 0.2) is 0 Å². The van der Waals surface area contributed by atoms with Crippen LogP contribution < -0.4 is 11.1 Å². The minimum Gasteiger partial charge on any atom is -0.330 e. The van der Waals surface area contributed by atoms with Gasteiger partial charge in [0.2, 0.25) is 0 Å². The van der Waals surface area contributed by atoms with Gasteiger partial charge in [-0.2, -0.15) is 0 Å². The smallest absolute Gasteiger partial charge is 0.00434 e. The highest BCUT2D eigenvalue weighted by molar-refractivity contribution is 5.28. The third-order valence-electron chi connectivity index (χ3n) is 4.26. The maximum atomic E-state index is 5.81. The first kappa shape index (κ1) is 13.6. The second kappa shape index (κ2) is 5.02. The average Bonchev–Trinajstić information content (AvgIpc) is 3.09. The molecule has 3 N–H and O–H groups in total. The molecular weight excluding hydrogens is 220 g/mol. The van der Waals surface area contributed by atoms with Crippen LogP contribution in [-0.4, -0.2) is 19.6 Å². The van der Waals surface area contributed by atoms with Crippen LogP contribution in [0.15, 0.2) is 24.3 Å². The Morgan fingerprint density at radius 1 is 1.33 bits per heavy atom. The summed E-state index contributed by atoms with van der Waals surface area (Å²) in [6.45, 7) is 9.66. The summed E-state index contributed by atoms with van der Waals surface area (Å²) < 4.78 is 0. The highest BCUT2D eigenvalue weighted by Crippen LogP contribution is 2.43. The summed E-state index contributed by atoms with van der Waals surface area (Å²) in [6.07, 6.45) is 2.59. The van der Waals surface area contributed by atoms with Gasteiger partial charge in [0.25, 0.3) is 0 Å². The highest BCUT2D eigenvalue weighted by atomic mass is 14.9. The van der Waals surface area contributed by atoms with Gasteiger partial charge >= 0.3 is 0 Å². The van der Waals surface area contributed by atoms with E-state index in [9.17, 15) is 0 Å². The summed E-state index contributed by atoms with van der Waals surface area (Å²) in [5, 5.41) is 3.62. The molecular formula is C16H26N2. The molecule has 0 aliphatic heterocycles. The average molecular weight is 246 g/mol. The van der Waals surface area contributed by atoms with E-state index in [2.05, 4.69) is 50.4 Å². The van der Waals surface area contributed by atoms with E-state index in [0.717, 1.165) is 19.6 Å². The highest BCUT2D eigenvalue weighted by Gasteiger charge is 2.40. The first-order valence-electron chi connectivity index (χ1n) is 6.95. The molecule has 0 aromatic heterocycles. The zero-order valence-electron chi connectivity index (χ0n) is 11.9. The predicted octanol–water partition coefficient (Wildman–Crippen LogP) is 2.60. The molecule has 2 nitrogen and oxygen atoms in total. The normalized spacial score (nSPS) is 17.8. The molecule has 0 bridgehead atoms. The van der Waals surface area contributed by atoms with Crippen molar-refractivity contribution in [2.24, 2.45) is 11.1 Å². The molecule has 0 unspecified atom stereocenters. The molecule has 1 aliphatic rings. The molecule has 0 heterocycles. The summed E-state index contributed by atoms with van der Waals surface area (Å²) in [4.78, 5) is 0. The van der Waals surface area contributed by atoms with Crippen molar-refractivity contribution in [3.05, 3.63) is 35.4 Å². The van der Waals surface area contributed by atoms with Crippen LogP contribution in [0.5, 0.6) is 0 Å². The first-order chi connectivity index (χ1) is 8.47. The van der Waals surface area contributed by atoms with E-state index in [1.165, 1.54) is 24.0 Å². The van der Waals surface area contributed by atoms with Gasteiger partial charge in [-0.3, -0.25) is 0 Å². The van der Waals surface area contributed by atoms with E-state index in [4.69, 9.17) is 5.73 Å². The fourth-order valence-corrected chi connectivity index (χ4v) is 2.44. The molecule has 0 radical (unpaired) electrons. The summed E-state index contributed by atoms with van der Waals surface area (Å²) in [5.41, 5.74) is 9.15. The van der Waals surface area contributed by atoms with Crippen LogP contribution in [0.25, 0.3) is 0 Å². The lowest BCUT2D eigenvalue weighted by atomic mass is 9.84. The molecule has 0 amide bonds.